The van der Waals surface area contributed by atoms with Crippen molar-refractivity contribution in [2.45, 2.75) is 32.2 Å². The SMILES string of the molecule is CCN(C(=O)Cc1noc2ccccc12)C1CCCNC1. The minimum absolute atomic E-state index is 0.130. The van der Waals surface area contributed by atoms with Gasteiger partial charge in [0.15, 0.2) is 5.58 Å². The Balaban J connectivity index is 1.74. The van der Waals surface area contributed by atoms with Gasteiger partial charge in [-0.05, 0) is 38.4 Å². The van der Waals surface area contributed by atoms with Crippen LogP contribution in [-0.2, 0) is 11.2 Å². The van der Waals surface area contributed by atoms with Gasteiger partial charge in [-0.3, -0.25) is 4.79 Å². The lowest BCUT2D eigenvalue weighted by atomic mass is 10.0. The standard InChI is InChI=1S/C16H21N3O2/c1-2-19(12-6-5-9-17-11-12)16(20)10-14-13-7-3-4-8-15(13)21-18-14/h3-4,7-8,12,17H,2,5-6,9-11H2,1H3. The summed E-state index contributed by atoms with van der Waals surface area (Å²) in [4.78, 5) is 14.6. The molecule has 21 heavy (non-hydrogen) atoms. The highest BCUT2D eigenvalue weighted by atomic mass is 16.5. The summed E-state index contributed by atoms with van der Waals surface area (Å²) in [6, 6.07) is 7.97. The third-order valence-electron chi connectivity index (χ3n) is 4.14. The van der Waals surface area contributed by atoms with E-state index in [4.69, 9.17) is 4.52 Å². The summed E-state index contributed by atoms with van der Waals surface area (Å²) in [6.45, 7) is 4.71. The first-order valence-electron chi connectivity index (χ1n) is 7.63. The molecule has 5 nitrogen and oxygen atoms in total. The molecule has 5 heteroatoms. The Morgan fingerprint density at radius 1 is 1.48 bits per heavy atom. The fourth-order valence-corrected chi connectivity index (χ4v) is 3.05. The summed E-state index contributed by atoms with van der Waals surface area (Å²) in [5, 5.41) is 8.36. The zero-order valence-electron chi connectivity index (χ0n) is 12.3. The number of nitrogens with zero attached hydrogens (tertiary/aromatic N) is 2. The Hall–Kier alpha value is -1.88. The summed E-state index contributed by atoms with van der Waals surface area (Å²) >= 11 is 0. The number of carbonyl (C=O) groups excluding carboxylic acids is 1. The van der Waals surface area contributed by atoms with Crippen LogP contribution in [0, 0.1) is 0 Å². The maximum absolute atomic E-state index is 12.6. The second kappa shape index (κ2) is 6.26. The molecule has 1 fully saturated rings. The lowest BCUT2D eigenvalue weighted by molar-refractivity contribution is -0.133. The fourth-order valence-electron chi connectivity index (χ4n) is 3.05. The second-order valence-electron chi connectivity index (χ2n) is 5.48. The first-order valence-corrected chi connectivity index (χ1v) is 7.63. The molecule has 3 rings (SSSR count). The average molecular weight is 287 g/mol. The summed E-state index contributed by atoms with van der Waals surface area (Å²) in [6.07, 6.45) is 2.51. The largest absolute Gasteiger partial charge is 0.356 e. The maximum Gasteiger partial charge on any atom is 0.229 e. The minimum atomic E-state index is 0.130. The number of hydrogen-bond donors (Lipinski definition) is 1. The summed E-state index contributed by atoms with van der Waals surface area (Å²) < 4.78 is 5.28. The number of fused-ring (bicyclic) bond motifs is 1. The van der Waals surface area contributed by atoms with E-state index >= 15 is 0 Å². The highest BCUT2D eigenvalue weighted by molar-refractivity contribution is 5.86. The Labute approximate surface area is 124 Å². The molecular formula is C16H21N3O2. The van der Waals surface area contributed by atoms with Gasteiger partial charge in [-0.2, -0.15) is 0 Å². The minimum Gasteiger partial charge on any atom is -0.356 e. The molecule has 1 aromatic carbocycles. The number of benzene rings is 1. The van der Waals surface area contributed by atoms with Gasteiger partial charge in [-0.25, -0.2) is 0 Å². The summed E-state index contributed by atoms with van der Waals surface area (Å²) in [5.74, 6) is 0.130. The van der Waals surface area contributed by atoms with Crippen LogP contribution < -0.4 is 5.32 Å². The molecule has 1 unspecified atom stereocenters. The number of amides is 1. The van der Waals surface area contributed by atoms with Crippen molar-refractivity contribution in [3.8, 4) is 0 Å². The topological polar surface area (TPSA) is 58.4 Å². The summed E-state index contributed by atoms with van der Waals surface area (Å²) in [7, 11) is 0. The van der Waals surface area contributed by atoms with Gasteiger partial charge >= 0.3 is 0 Å². The zero-order chi connectivity index (χ0) is 14.7. The van der Waals surface area contributed by atoms with E-state index in [0.29, 0.717) is 12.5 Å². The summed E-state index contributed by atoms with van der Waals surface area (Å²) in [5.41, 5.74) is 1.47. The van der Waals surface area contributed by atoms with E-state index in [2.05, 4.69) is 10.5 Å². The molecule has 0 spiro atoms. The van der Waals surface area contributed by atoms with Gasteiger partial charge in [-0.1, -0.05) is 17.3 Å². The molecule has 1 atom stereocenters. The smallest absolute Gasteiger partial charge is 0.229 e. The van der Waals surface area contributed by atoms with Gasteiger partial charge in [0.05, 0.1) is 6.42 Å². The highest BCUT2D eigenvalue weighted by Crippen LogP contribution is 2.19. The number of hydrogen-bond acceptors (Lipinski definition) is 4. The molecule has 2 heterocycles. The Morgan fingerprint density at radius 3 is 3.10 bits per heavy atom. The predicted molar refractivity (Wildman–Crippen MR) is 81.0 cm³/mol. The quantitative estimate of drug-likeness (QED) is 0.934. The molecule has 1 amide bonds. The van der Waals surface area contributed by atoms with Crippen LogP contribution in [0.1, 0.15) is 25.5 Å². The van der Waals surface area contributed by atoms with Crippen LogP contribution in [-0.4, -0.2) is 41.6 Å². The maximum atomic E-state index is 12.6. The van der Waals surface area contributed by atoms with E-state index in [-0.39, 0.29) is 5.91 Å². The van der Waals surface area contributed by atoms with Crippen molar-refractivity contribution in [3.63, 3.8) is 0 Å². The van der Waals surface area contributed by atoms with Crippen molar-refractivity contribution < 1.29 is 9.32 Å². The Bertz CT molecular complexity index is 617. The predicted octanol–water partition coefficient (Wildman–Crippen LogP) is 1.97. The number of aromatic nitrogens is 1. The van der Waals surface area contributed by atoms with Crippen molar-refractivity contribution in [2.24, 2.45) is 0 Å². The molecule has 0 aliphatic carbocycles. The Kier molecular flexibility index (Phi) is 4.20. The Morgan fingerprint density at radius 2 is 2.33 bits per heavy atom. The van der Waals surface area contributed by atoms with Crippen LogP contribution in [0.15, 0.2) is 28.8 Å². The van der Waals surface area contributed by atoms with Crippen LogP contribution in [0.2, 0.25) is 0 Å². The van der Waals surface area contributed by atoms with E-state index in [1.807, 2.05) is 36.1 Å². The van der Waals surface area contributed by atoms with Crippen molar-refractivity contribution in [1.29, 1.82) is 0 Å². The van der Waals surface area contributed by atoms with Crippen LogP contribution in [0.25, 0.3) is 11.0 Å². The van der Waals surface area contributed by atoms with E-state index < -0.39 is 0 Å². The molecule has 1 aliphatic heterocycles. The van der Waals surface area contributed by atoms with Crippen molar-refractivity contribution in [3.05, 3.63) is 30.0 Å². The molecule has 0 saturated carbocycles. The van der Waals surface area contributed by atoms with E-state index in [1.165, 1.54) is 0 Å². The van der Waals surface area contributed by atoms with Crippen LogP contribution in [0.4, 0.5) is 0 Å². The number of carbonyl (C=O) groups is 1. The molecule has 1 aromatic heterocycles. The molecule has 112 valence electrons. The highest BCUT2D eigenvalue weighted by Gasteiger charge is 2.25. The van der Waals surface area contributed by atoms with E-state index in [1.54, 1.807) is 0 Å². The van der Waals surface area contributed by atoms with Gasteiger partial charge in [0.25, 0.3) is 0 Å². The van der Waals surface area contributed by atoms with Crippen LogP contribution >= 0.6 is 0 Å². The average Bonchev–Trinajstić information content (AvgIpc) is 2.92. The van der Waals surface area contributed by atoms with Gasteiger partial charge in [0, 0.05) is 24.5 Å². The van der Waals surface area contributed by atoms with Crippen molar-refractivity contribution >= 4 is 16.9 Å². The molecule has 0 radical (unpaired) electrons. The molecule has 2 aromatic rings. The number of para-hydroxylation sites is 1. The molecule has 0 bridgehead atoms. The van der Waals surface area contributed by atoms with Gasteiger partial charge < -0.3 is 14.7 Å². The zero-order valence-corrected chi connectivity index (χ0v) is 12.3. The monoisotopic (exact) mass is 287 g/mol. The van der Waals surface area contributed by atoms with Crippen molar-refractivity contribution in [2.75, 3.05) is 19.6 Å². The van der Waals surface area contributed by atoms with Gasteiger partial charge in [-0.15, -0.1) is 0 Å². The van der Waals surface area contributed by atoms with Crippen LogP contribution in [0.3, 0.4) is 0 Å². The van der Waals surface area contributed by atoms with Gasteiger partial charge in [0.1, 0.15) is 5.69 Å². The van der Waals surface area contributed by atoms with E-state index in [9.17, 15) is 4.79 Å². The fraction of sp³-hybridized carbons (Fsp3) is 0.500. The van der Waals surface area contributed by atoms with Crippen molar-refractivity contribution in [1.82, 2.24) is 15.4 Å². The molecule has 1 N–H and O–H groups in total. The molecule has 1 aliphatic rings. The lowest BCUT2D eigenvalue weighted by Crippen LogP contribution is -2.49. The number of nitrogens with one attached hydrogen (secondary N) is 1. The molecule has 1 saturated heterocycles. The van der Waals surface area contributed by atoms with Crippen LogP contribution in [0.5, 0.6) is 0 Å². The number of piperidine rings is 1. The third-order valence-corrected chi connectivity index (χ3v) is 4.14. The normalized spacial score (nSPS) is 18.8. The molecular weight excluding hydrogens is 266 g/mol. The first kappa shape index (κ1) is 14.1. The number of rotatable bonds is 4. The third kappa shape index (κ3) is 2.93. The lowest BCUT2D eigenvalue weighted by Gasteiger charge is -2.34. The number of likely N-dealkylation sites (N-methyl/N-ethyl adjacent to an activating group) is 1. The second-order valence-corrected chi connectivity index (χ2v) is 5.48. The first-order chi connectivity index (χ1) is 10.3. The van der Waals surface area contributed by atoms with E-state index in [0.717, 1.165) is 49.1 Å². The van der Waals surface area contributed by atoms with Gasteiger partial charge in [0.2, 0.25) is 5.91 Å².